The number of rotatable bonds is 3. The molecule has 1 atom stereocenters. The Labute approximate surface area is 139 Å². The van der Waals surface area contributed by atoms with Crippen LogP contribution in [0.25, 0.3) is 0 Å². The van der Waals surface area contributed by atoms with Crippen molar-refractivity contribution in [3.8, 4) is 5.75 Å². The van der Waals surface area contributed by atoms with Gasteiger partial charge in [-0.25, -0.2) is 4.39 Å². The molecule has 0 heterocycles. The van der Waals surface area contributed by atoms with E-state index in [1.54, 1.807) is 20.1 Å². The summed E-state index contributed by atoms with van der Waals surface area (Å²) in [4.78, 5) is -0.169. The Balaban J connectivity index is 2.51. The summed E-state index contributed by atoms with van der Waals surface area (Å²) in [6, 6.07) is 8.84. The van der Waals surface area contributed by atoms with Gasteiger partial charge in [0.15, 0.2) is 0 Å². The van der Waals surface area contributed by atoms with E-state index in [1.807, 2.05) is 18.2 Å². The zero-order valence-corrected chi connectivity index (χ0v) is 14.8. The van der Waals surface area contributed by atoms with E-state index in [0.717, 1.165) is 21.3 Å². The number of alkyl halides is 1. The van der Waals surface area contributed by atoms with Crippen molar-refractivity contribution in [3.05, 3.63) is 62.3 Å². The van der Waals surface area contributed by atoms with Gasteiger partial charge in [0, 0.05) is 15.1 Å². The van der Waals surface area contributed by atoms with Gasteiger partial charge in [-0.15, -0.1) is 0 Å². The average Bonchev–Trinajstić information content (AvgIpc) is 2.42. The lowest BCUT2D eigenvalue weighted by Crippen LogP contribution is -1.99. The van der Waals surface area contributed by atoms with E-state index in [1.165, 1.54) is 6.07 Å². The molecule has 0 amide bonds. The molecule has 20 heavy (non-hydrogen) atoms. The number of hydrogen-bond donors (Lipinski definition) is 0. The van der Waals surface area contributed by atoms with E-state index in [-0.39, 0.29) is 10.6 Å². The number of hydrogen-bond acceptors (Lipinski definition) is 1. The maximum atomic E-state index is 13.5. The molecule has 0 aliphatic rings. The quantitative estimate of drug-likeness (QED) is 0.548. The van der Waals surface area contributed by atoms with Gasteiger partial charge in [0.05, 0.1) is 11.9 Å². The SMILES string of the molecule is COc1cc(Br)ccc1C(Br)c1cc(C)c(F)cc1Cl. The van der Waals surface area contributed by atoms with Crippen LogP contribution in [0.2, 0.25) is 5.02 Å². The zero-order valence-electron chi connectivity index (χ0n) is 10.9. The summed E-state index contributed by atoms with van der Waals surface area (Å²) in [5, 5.41) is 0.389. The highest BCUT2D eigenvalue weighted by Crippen LogP contribution is 2.41. The predicted molar refractivity (Wildman–Crippen MR) is 87.6 cm³/mol. The topological polar surface area (TPSA) is 9.23 Å². The van der Waals surface area contributed by atoms with Crippen molar-refractivity contribution in [1.82, 2.24) is 0 Å². The molecule has 0 bridgehead atoms. The number of methoxy groups -OCH3 is 1. The third-order valence-corrected chi connectivity index (χ3v) is 4.83. The number of aryl methyl sites for hydroxylation is 1. The minimum Gasteiger partial charge on any atom is -0.496 e. The molecule has 0 aliphatic carbocycles. The minimum absolute atomic E-state index is 0.169. The molecule has 0 radical (unpaired) electrons. The van der Waals surface area contributed by atoms with Crippen LogP contribution in [0.3, 0.4) is 0 Å². The summed E-state index contributed by atoms with van der Waals surface area (Å²) < 4.78 is 19.8. The third-order valence-electron chi connectivity index (χ3n) is 3.02. The smallest absolute Gasteiger partial charge is 0.127 e. The van der Waals surface area contributed by atoms with Gasteiger partial charge in [0.1, 0.15) is 11.6 Å². The summed E-state index contributed by atoms with van der Waals surface area (Å²) in [5.74, 6) is 0.431. The van der Waals surface area contributed by atoms with Crippen molar-refractivity contribution in [3.63, 3.8) is 0 Å². The average molecular weight is 423 g/mol. The third kappa shape index (κ3) is 3.18. The molecule has 5 heteroatoms. The van der Waals surface area contributed by atoms with E-state index in [0.29, 0.717) is 10.6 Å². The van der Waals surface area contributed by atoms with E-state index in [9.17, 15) is 4.39 Å². The molecule has 0 saturated carbocycles. The first-order chi connectivity index (χ1) is 9.43. The lowest BCUT2D eigenvalue weighted by Gasteiger charge is -2.17. The molecule has 0 spiro atoms. The molecule has 0 aromatic heterocycles. The van der Waals surface area contributed by atoms with Crippen molar-refractivity contribution in [1.29, 1.82) is 0 Å². The second kappa shape index (κ2) is 6.46. The fourth-order valence-electron chi connectivity index (χ4n) is 1.94. The Morgan fingerprint density at radius 1 is 1.20 bits per heavy atom. The van der Waals surface area contributed by atoms with Crippen LogP contribution in [0.4, 0.5) is 4.39 Å². The second-order valence-electron chi connectivity index (χ2n) is 4.37. The lowest BCUT2D eigenvalue weighted by atomic mass is 10.0. The van der Waals surface area contributed by atoms with Crippen LogP contribution in [0.5, 0.6) is 5.75 Å². The molecule has 0 aliphatic heterocycles. The zero-order chi connectivity index (χ0) is 14.9. The highest BCUT2D eigenvalue weighted by Gasteiger charge is 2.19. The highest BCUT2D eigenvalue weighted by molar-refractivity contribution is 9.10. The van der Waals surface area contributed by atoms with Gasteiger partial charge in [0.2, 0.25) is 0 Å². The molecule has 1 nitrogen and oxygen atoms in total. The summed E-state index contributed by atoms with van der Waals surface area (Å²) in [6.07, 6.45) is 0. The number of benzene rings is 2. The fraction of sp³-hybridized carbons (Fsp3) is 0.200. The van der Waals surface area contributed by atoms with Crippen LogP contribution in [0, 0.1) is 12.7 Å². The number of ether oxygens (including phenoxy) is 1. The molecular formula is C15H12Br2ClFO. The Bertz CT molecular complexity index is 646. The molecule has 2 rings (SSSR count). The van der Waals surface area contributed by atoms with E-state index < -0.39 is 0 Å². The van der Waals surface area contributed by atoms with Crippen LogP contribution in [0.15, 0.2) is 34.8 Å². The molecule has 1 unspecified atom stereocenters. The first kappa shape index (κ1) is 15.8. The van der Waals surface area contributed by atoms with Crippen LogP contribution in [-0.4, -0.2) is 7.11 Å². The Morgan fingerprint density at radius 3 is 2.55 bits per heavy atom. The van der Waals surface area contributed by atoms with Crippen LogP contribution < -0.4 is 4.74 Å². The van der Waals surface area contributed by atoms with Crippen molar-refractivity contribution in [2.75, 3.05) is 7.11 Å². The summed E-state index contributed by atoms with van der Waals surface area (Å²) in [6.45, 7) is 1.72. The van der Waals surface area contributed by atoms with Crippen LogP contribution in [0.1, 0.15) is 21.5 Å². The summed E-state index contributed by atoms with van der Waals surface area (Å²) in [5.41, 5.74) is 2.31. The van der Waals surface area contributed by atoms with Crippen molar-refractivity contribution < 1.29 is 9.13 Å². The normalized spacial score (nSPS) is 12.3. The lowest BCUT2D eigenvalue weighted by molar-refractivity contribution is 0.410. The van der Waals surface area contributed by atoms with Gasteiger partial charge in [-0.05, 0) is 36.2 Å². The van der Waals surface area contributed by atoms with Gasteiger partial charge >= 0.3 is 0 Å². The molecule has 0 N–H and O–H groups in total. The first-order valence-electron chi connectivity index (χ1n) is 5.87. The molecule has 0 saturated heterocycles. The first-order valence-corrected chi connectivity index (χ1v) is 7.95. The predicted octanol–water partition coefficient (Wildman–Crippen LogP) is 6.04. The van der Waals surface area contributed by atoms with Gasteiger partial charge in [0.25, 0.3) is 0 Å². The van der Waals surface area contributed by atoms with Gasteiger partial charge in [-0.3, -0.25) is 0 Å². The van der Waals surface area contributed by atoms with Gasteiger partial charge in [-0.2, -0.15) is 0 Å². The van der Waals surface area contributed by atoms with Gasteiger partial charge < -0.3 is 4.74 Å². The molecule has 2 aromatic carbocycles. The fourth-order valence-corrected chi connectivity index (χ4v) is 3.42. The maximum Gasteiger partial charge on any atom is 0.127 e. The maximum absolute atomic E-state index is 13.5. The molecule has 2 aromatic rings. The van der Waals surface area contributed by atoms with Crippen LogP contribution in [-0.2, 0) is 0 Å². The summed E-state index contributed by atoms with van der Waals surface area (Å²) >= 11 is 13.2. The van der Waals surface area contributed by atoms with E-state index >= 15 is 0 Å². The largest absolute Gasteiger partial charge is 0.496 e. The monoisotopic (exact) mass is 420 g/mol. The van der Waals surface area contributed by atoms with E-state index in [2.05, 4.69) is 31.9 Å². The molecule has 0 fully saturated rings. The second-order valence-corrected chi connectivity index (χ2v) is 6.61. The van der Waals surface area contributed by atoms with Crippen molar-refractivity contribution in [2.45, 2.75) is 11.8 Å². The minimum atomic E-state index is -0.304. The Kier molecular flexibility index (Phi) is 5.10. The Morgan fingerprint density at radius 2 is 1.90 bits per heavy atom. The summed E-state index contributed by atoms with van der Waals surface area (Å²) in [7, 11) is 1.61. The van der Waals surface area contributed by atoms with Crippen molar-refractivity contribution in [2.24, 2.45) is 0 Å². The van der Waals surface area contributed by atoms with Crippen LogP contribution >= 0.6 is 43.5 Å². The Hall–Kier alpha value is -0.580. The molecular weight excluding hydrogens is 410 g/mol. The standard InChI is InChI=1S/C15H12Br2ClFO/c1-8-5-11(12(18)7-13(8)19)15(17)10-4-3-9(16)6-14(10)20-2/h3-7,15H,1-2H3. The van der Waals surface area contributed by atoms with Gasteiger partial charge in [-0.1, -0.05) is 55.6 Å². The molecule has 106 valence electrons. The van der Waals surface area contributed by atoms with E-state index in [4.69, 9.17) is 16.3 Å². The van der Waals surface area contributed by atoms with Crippen molar-refractivity contribution >= 4 is 43.5 Å². The highest BCUT2D eigenvalue weighted by atomic mass is 79.9. The number of halogens is 4.